The van der Waals surface area contributed by atoms with Crippen molar-refractivity contribution >= 4 is 0 Å². The van der Waals surface area contributed by atoms with E-state index in [0.717, 1.165) is 18.3 Å². The zero-order valence-electron chi connectivity index (χ0n) is 11.1. The van der Waals surface area contributed by atoms with E-state index in [1.54, 1.807) is 0 Å². The van der Waals surface area contributed by atoms with Gasteiger partial charge in [0.25, 0.3) is 0 Å². The summed E-state index contributed by atoms with van der Waals surface area (Å²) in [5, 5.41) is 0. The number of rotatable bonds is 4. The number of benzene rings is 1. The highest BCUT2D eigenvalue weighted by molar-refractivity contribution is 5.20. The highest BCUT2D eigenvalue weighted by atomic mass is 16.5. The molecule has 1 aliphatic rings. The summed E-state index contributed by atoms with van der Waals surface area (Å²) in [7, 11) is 0. The summed E-state index contributed by atoms with van der Waals surface area (Å²) in [6, 6.07) is 11.3. The van der Waals surface area contributed by atoms with Crippen LogP contribution >= 0.6 is 0 Å². The number of likely N-dealkylation sites (tertiary alicyclic amines) is 1. The highest BCUT2D eigenvalue weighted by Crippen LogP contribution is 2.25. The molecule has 0 N–H and O–H groups in total. The lowest BCUT2D eigenvalue weighted by Crippen LogP contribution is -2.40. The minimum Gasteiger partial charge on any atom is -0.492 e. The van der Waals surface area contributed by atoms with E-state index in [9.17, 15) is 0 Å². The van der Waals surface area contributed by atoms with Crippen LogP contribution in [0.15, 0.2) is 30.3 Å². The molecule has 0 aromatic heterocycles. The van der Waals surface area contributed by atoms with E-state index in [0.29, 0.717) is 12.1 Å². The van der Waals surface area contributed by atoms with E-state index in [4.69, 9.17) is 4.74 Å². The molecule has 0 amide bonds. The summed E-state index contributed by atoms with van der Waals surface area (Å²) in [6.07, 6.45) is 1.32. The molecule has 1 aliphatic heterocycles. The lowest BCUT2D eigenvalue weighted by Gasteiger charge is -2.29. The van der Waals surface area contributed by atoms with Crippen LogP contribution in [0.25, 0.3) is 0 Å². The zero-order chi connectivity index (χ0) is 12.3. The molecule has 2 heteroatoms. The molecule has 2 rings (SSSR count). The fourth-order valence-corrected chi connectivity index (χ4v) is 2.58. The molecular formula is C15H23NO. The quantitative estimate of drug-likeness (QED) is 0.792. The van der Waals surface area contributed by atoms with Gasteiger partial charge in [-0.3, -0.25) is 4.90 Å². The third-order valence-corrected chi connectivity index (χ3v) is 3.99. The molecule has 0 radical (unpaired) electrons. The summed E-state index contributed by atoms with van der Waals surface area (Å²) in [5.41, 5.74) is 0. The Morgan fingerprint density at radius 1 is 1.29 bits per heavy atom. The van der Waals surface area contributed by atoms with Gasteiger partial charge in [0.15, 0.2) is 0 Å². The summed E-state index contributed by atoms with van der Waals surface area (Å²) in [4.78, 5) is 2.56. The molecule has 2 nitrogen and oxygen atoms in total. The van der Waals surface area contributed by atoms with Crippen molar-refractivity contribution in [2.75, 3.05) is 13.2 Å². The second-order valence-corrected chi connectivity index (χ2v) is 5.22. The first-order valence-electron chi connectivity index (χ1n) is 6.62. The highest BCUT2D eigenvalue weighted by Gasteiger charge is 2.30. The lowest BCUT2D eigenvalue weighted by atomic mass is 10.0. The standard InChI is InChI=1S/C15H23NO/c1-12-9-10-16(14(12)3)13(2)11-17-15-7-5-4-6-8-15/h4-8,12-14H,9-11H2,1-3H3/t12?,13-,14?/m0/s1. The van der Waals surface area contributed by atoms with Gasteiger partial charge in [-0.05, 0) is 44.9 Å². The van der Waals surface area contributed by atoms with Crippen molar-refractivity contribution in [3.63, 3.8) is 0 Å². The average Bonchev–Trinajstić information content (AvgIpc) is 2.69. The molecule has 0 bridgehead atoms. The van der Waals surface area contributed by atoms with Crippen LogP contribution in [0.2, 0.25) is 0 Å². The third kappa shape index (κ3) is 3.01. The third-order valence-electron chi connectivity index (χ3n) is 3.99. The molecule has 0 saturated carbocycles. The molecule has 0 aliphatic carbocycles. The summed E-state index contributed by atoms with van der Waals surface area (Å²) in [6.45, 7) is 8.92. The van der Waals surface area contributed by atoms with Gasteiger partial charge < -0.3 is 4.74 Å². The Hall–Kier alpha value is -1.02. The van der Waals surface area contributed by atoms with Gasteiger partial charge in [0, 0.05) is 12.1 Å². The SMILES string of the molecule is CC1CCN([C@@H](C)COc2ccccc2)C1C. The molecule has 1 fully saturated rings. The van der Waals surface area contributed by atoms with Crippen LogP contribution in [0.4, 0.5) is 0 Å². The Kier molecular flexibility index (Phi) is 4.06. The van der Waals surface area contributed by atoms with Crippen LogP contribution in [0.1, 0.15) is 27.2 Å². The molecule has 3 atom stereocenters. The monoisotopic (exact) mass is 233 g/mol. The molecule has 17 heavy (non-hydrogen) atoms. The summed E-state index contributed by atoms with van der Waals surface area (Å²) >= 11 is 0. The average molecular weight is 233 g/mol. The summed E-state index contributed by atoms with van der Waals surface area (Å²) < 4.78 is 5.82. The van der Waals surface area contributed by atoms with Crippen LogP contribution in [0, 0.1) is 5.92 Å². The van der Waals surface area contributed by atoms with Crippen molar-refractivity contribution in [3.05, 3.63) is 30.3 Å². The van der Waals surface area contributed by atoms with Gasteiger partial charge in [0.2, 0.25) is 0 Å². The van der Waals surface area contributed by atoms with Gasteiger partial charge in [-0.15, -0.1) is 0 Å². The molecule has 2 unspecified atom stereocenters. The van der Waals surface area contributed by atoms with Crippen molar-refractivity contribution in [1.82, 2.24) is 4.90 Å². The number of para-hydroxylation sites is 1. The fraction of sp³-hybridized carbons (Fsp3) is 0.600. The van der Waals surface area contributed by atoms with Crippen LogP contribution in [-0.4, -0.2) is 30.1 Å². The minimum atomic E-state index is 0.496. The molecule has 1 aromatic carbocycles. The van der Waals surface area contributed by atoms with Gasteiger partial charge in [-0.25, -0.2) is 0 Å². The lowest BCUT2D eigenvalue weighted by molar-refractivity contribution is 0.132. The molecule has 0 spiro atoms. The largest absolute Gasteiger partial charge is 0.492 e. The Morgan fingerprint density at radius 2 is 2.00 bits per heavy atom. The van der Waals surface area contributed by atoms with Crippen LogP contribution < -0.4 is 4.74 Å². The predicted octanol–water partition coefficient (Wildman–Crippen LogP) is 3.18. The molecule has 1 aromatic rings. The maximum Gasteiger partial charge on any atom is 0.119 e. The zero-order valence-corrected chi connectivity index (χ0v) is 11.1. The van der Waals surface area contributed by atoms with Crippen molar-refractivity contribution in [2.45, 2.75) is 39.3 Å². The maximum absolute atomic E-state index is 5.82. The molecule has 1 heterocycles. The first-order chi connectivity index (χ1) is 8.18. The summed E-state index contributed by atoms with van der Waals surface area (Å²) in [5.74, 6) is 1.79. The first-order valence-corrected chi connectivity index (χ1v) is 6.62. The van der Waals surface area contributed by atoms with Crippen molar-refractivity contribution in [2.24, 2.45) is 5.92 Å². The van der Waals surface area contributed by atoms with Crippen molar-refractivity contribution in [1.29, 1.82) is 0 Å². The Labute approximate surface area is 105 Å². The van der Waals surface area contributed by atoms with Crippen LogP contribution in [0.5, 0.6) is 5.75 Å². The van der Waals surface area contributed by atoms with E-state index in [2.05, 4.69) is 25.7 Å². The van der Waals surface area contributed by atoms with Crippen LogP contribution in [0.3, 0.4) is 0 Å². The van der Waals surface area contributed by atoms with Gasteiger partial charge >= 0.3 is 0 Å². The smallest absolute Gasteiger partial charge is 0.119 e. The normalized spacial score (nSPS) is 27.0. The number of nitrogens with zero attached hydrogens (tertiary/aromatic N) is 1. The van der Waals surface area contributed by atoms with Gasteiger partial charge in [0.1, 0.15) is 12.4 Å². The molecule has 94 valence electrons. The first kappa shape index (κ1) is 12.4. The second kappa shape index (κ2) is 5.54. The Balaban J connectivity index is 1.84. The van der Waals surface area contributed by atoms with Crippen LogP contribution in [-0.2, 0) is 0 Å². The Morgan fingerprint density at radius 3 is 2.59 bits per heavy atom. The number of ether oxygens (including phenoxy) is 1. The van der Waals surface area contributed by atoms with E-state index in [1.165, 1.54) is 13.0 Å². The number of hydrogen-bond acceptors (Lipinski definition) is 2. The number of hydrogen-bond donors (Lipinski definition) is 0. The van der Waals surface area contributed by atoms with Gasteiger partial charge in [-0.2, -0.15) is 0 Å². The van der Waals surface area contributed by atoms with Gasteiger partial charge in [0.05, 0.1) is 0 Å². The van der Waals surface area contributed by atoms with E-state index >= 15 is 0 Å². The van der Waals surface area contributed by atoms with E-state index in [1.807, 2.05) is 30.3 Å². The minimum absolute atomic E-state index is 0.496. The topological polar surface area (TPSA) is 12.5 Å². The molecular weight excluding hydrogens is 210 g/mol. The van der Waals surface area contributed by atoms with Crippen molar-refractivity contribution < 1.29 is 4.74 Å². The predicted molar refractivity (Wildman–Crippen MR) is 71.3 cm³/mol. The van der Waals surface area contributed by atoms with E-state index in [-0.39, 0.29) is 0 Å². The fourth-order valence-electron chi connectivity index (χ4n) is 2.58. The van der Waals surface area contributed by atoms with E-state index < -0.39 is 0 Å². The Bertz CT molecular complexity index is 338. The maximum atomic E-state index is 5.82. The van der Waals surface area contributed by atoms with Gasteiger partial charge in [-0.1, -0.05) is 25.1 Å². The molecule has 1 saturated heterocycles. The van der Waals surface area contributed by atoms with Crippen molar-refractivity contribution in [3.8, 4) is 5.75 Å². The second-order valence-electron chi connectivity index (χ2n) is 5.22.